The first-order chi connectivity index (χ1) is 18.5. The number of thiazole rings is 1. The van der Waals surface area contributed by atoms with Crippen molar-refractivity contribution in [2.75, 3.05) is 6.54 Å². The molecule has 0 radical (unpaired) electrons. The number of aliphatic hydroxyl groups excluding tert-OH is 1. The molecule has 0 spiro atoms. The highest BCUT2D eigenvalue weighted by Gasteiger charge is 2.45. The third-order valence-electron chi connectivity index (χ3n) is 7.68. The summed E-state index contributed by atoms with van der Waals surface area (Å²) in [7, 11) is 0. The molecule has 3 N–H and O–H groups in total. The van der Waals surface area contributed by atoms with Crippen LogP contribution in [0.25, 0.3) is 10.4 Å². The van der Waals surface area contributed by atoms with Gasteiger partial charge in [0, 0.05) is 18.9 Å². The monoisotopic (exact) mass is 552 g/mol. The van der Waals surface area contributed by atoms with Crippen LogP contribution in [0.2, 0.25) is 0 Å². The second-order valence-electron chi connectivity index (χ2n) is 11.8. The van der Waals surface area contributed by atoms with E-state index in [0.717, 1.165) is 34.5 Å². The van der Waals surface area contributed by atoms with Crippen LogP contribution in [0.3, 0.4) is 0 Å². The maximum atomic E-state index is 13.8. The van der Waals surface area contributed by atoms with Gasteiger partial charge in [0.2, 0.25) is 17.7 Å². The highest BCUT2D eigenvalue weighted by Crippen LogP contribution is 2.30. The normalized spacial score (nSPS) is 22.8. The summed E-state index contributed by atoms with van der Waals surface area (Å²) in [5.41, 5.74) is 4.25. The van der Waals surface area contributed by atoms with Crippen molar-refractivity contribution in [3.8, 4) is 10.4 Å². The fourth-order valence-corrected chi connectivity index (χ4v) is 6.12. The fraction of sp³-hybridized carbons (Fsp3) is 0.533. The number of nitrogens with zero attached hydrogens (tertiary/aromatic N) is 2. The topological polar surface area (TPSA) is 112 Å². The molecule has 1 aliphatic heterocycles. The Labute approximate surface area is 234 Å². The molecule has 0 bridgehead atoms. The van der Waals surface area contributed by atoms with Crippen molar-refractivity contribution in [1.82, 2.24) is 20.5 Å². The van der Waals surface area contributed by atoms with E-state index in [4.69, 9.17) is 0 Å². The zero-order valence-electron chi connectivity index (χ0n) is 23.4. The van der Waals surface area contributed by atoms with Crippen LogP contribution in [0.15, 0.2) is 41.9 Å². The van der Waals surface area contributed by atoms with E-state index in [9.17, 15) is 19.5 Å². The summed E-state index contributed by atoms with van der Waals surface area (Å²) in [6, 6.07) is 6.10. The molecule has 1 aliphatic carbocycles. The minimum Gasteiger partial charge on any atom is -0.391 e. The Bertz CT molecular complexity index is 1220. The lowest BCUT2D eigenvalue weighted by Gasteiger charge is -2.36. The van der Waals surface area contributed by atoms with Gasteiger partial charge in [0.1, 0.15) is 12.1 Å². The van der Waals surface area contributed by atoms with Crippen molar-refractivity contribution < 1.29 is 19.5 Å². The van der Waals surface area contributed by atoms with E-state index in [1.807, 2.05) is 70.5 Å². The van der Waals surface area contributed by atoms with Crippen molar-refractivity contribution in [3.63, 3.8) is 0 Å². The second-order valence-corrected chi connectivity index (χ2v) is 12.7. The number of allylic oxidation sites excluding steroid dienone is 2. The van der Waals surface area contributed by atoms with Crippen molar-refractivity contribution in [1.29, 1.82) is 0 Å². The van der Waals surface area contributed by atoms with E-state index >= 15 is 0 Å². The van der Waals surface area contributed by atoms with Crippen molar-refractivity contribution in [3.05, 3.63) is 53.2 Å². The number of likely N-dealkylation sites (tertiary alicyclic amines) is 1. The van der Waals surface area contributed by atoms with Crippen LogP contribution in [0.5, 0.6) is 0 Å². The Kier molecular flexibility index (Phi) is 8.91. The predicted molar refractivity (Wildman–Crippen MR) is 153 cm³/mol. The van der Waals surface area contributed by atoms with E-state index in [2.05, 4.69) is 21.7 Å². The van der Waals surface area contributed by atoms with Crippen LogP contribution in [0.1, 0.15) is 70.7 Å². The predicted octanol–water partition coefficient (Wildman–Crippen LogP) is 4.14. The fourth-order valence-electron chi connectivity index (χ4n) is 5.31. The molecule has 0 saturated carbocycles. The van der Waals surface area contributed by atoms with Gasteiger partial charge in [0.05, 0.1) is 28.2 Å². The van der Waals surface area contributed by atoms with Gasteiger partial charge in [-0.15, -0.1) is 11.3 Å². The number of hydrogen-bond donors (Lipinski definition) is 3. The lowest BCUT2D eigenvalue weighted by Crippen LogP contribution is -2.58. The van der Waals surface area contributed by atoms with Gasteiger partial charge >= 0.3 is 0 Å². The average molecular weight is 553 g/mol. The maximum Gasteiger partial charge on any atom is 0.246 e. The van der Waals surface area contributed by atoms with Gasteiger partial charge in [0.15, 0.2) is 0 Å². The molecule has 2 aliphatic rings. The summed E-state index contributed by atoms with van der Waals surface area (Å²) < 4.78 is 0. The number of amides is 3. The number of aromatic nitrogens is 1. The van der Waals surface area contributed by atoms with Crippen LogP contribution in [0.4, 0.5) is 0 Å². The third kappa shape index (κ3) is 6.76. The van der Waals surface area contributed by atoms with Crippen LogP contribution < -0.4 is 10.6 Å². The zero-order valence-corrected chi connectivity index (χ0v) is 24.3. The van der Waals surface area contributed by atoms with E-state index in [-0.39, 0.29) is 42.6 Å². The lowest BCUT2D eigenvalue weighted by atomic mass is 9.84. The number of hydrogen-bond acceptors (Lipinski definition) is 6. The molecule has 8 nitrogen and oxygen atoms in total. The van der Waals surface area contributed by atoms with E-state index in [0.29, 0.717) is 6.42 Å². The summed E-state index contributed by atoms with van der Waals surface area (Å²) in [5, 5.41) is 16.5. The first kappa shape index (κ1) is 29.0. The molecule has 9 heteroatoms. The molecule has 5 atom stereocenters. The number of β-amino-alcohol motifs (C(OH)–C–C–N with tert-alkyl or cyclic N) is 1. The van der Waals surface area contributed by atoms with Gasteiger partial charge in [-0.25, -0.2) is 4.98 Å². The molecular weight excluding hydrogens is 512 g/mol. The number of rotatable bonds is 7. The number of carbonyl (C=O) groups excluding carboxylic acids is 3. The molecule has 210 valence electrons. The van der Waals surface area contributed by atoms with Gasteiger partial charge in [0.25, 0.3) is 0 Å². The number of nitrogens with one attached hydrogen (secondary N) is 2. The Hall–Kier alpha value is -3.04. The quantitative estimate of drug-likeness (QED) is 0.447. The Balaban J connectivity index is 1.45. The molecule has 1 aromatic carbocycles. The van der Waals surface area contributed by atoms with Crippen LogP contribution in [-0.4, -0.2) is 57.4 Å². The molecule has 1 saturated heterocycles. The van der Waals surface area contributed by atoms with Crippen LogP contribution in [-0.2, 0) is 14.4 Å². The Morgan fingerprint density at radius 2 is 1.82 bits per heavy atom. The van der Waals surface area contributed by atoms with Gasteiger partial charge in [-0.3, -0.25) is 14.4 Å². The summed E-state index contributed by atoms with van der Waals surface area (Å²) in [5.74, 6) is -0.955. The molecule has 39 heavy (non-hydrogen) atoms. The Morgan fingerprint density at radius 3 is 2.41 bits per heavy atom. The largest absolute Gasteiger partial charge is 0.391 e. The number of aryl methyl sites for hydroxylation is 1. The minimum absolute atomic E-state index is 0.0583. The highest BCUT2D eigenvalue weighted by atomic mass is 32.1. The summed E-state index contributed by atoms with van der Waals surface area (Å²) >= 11 is 1.59. The summed E-state index contributed by atoms with van der Waals surface area (Å²) in [6.45, 7) is 9.64. The van der Waals surface area contributed by atoms with Crippen molar-refractivity contribution >= 4 is 29.1 Å². The van der Waals surface area contributed by atoms with Crippen molar-refractivity contribution in [2.45, 2.75) is 84.5 Å². The number of aliphatic hydroxyl groups is 1. The molecule has 4 rings (SSSR count). The lowest BCUT2D eigenvalue weighted by molar-refractivity contribution is -0.144. The number of benzene rings is 1. The first-order valence-corrected chi connectivity index (χ1v) is 14.6. The second kappa shape index (κ2) is 12.0. The SMILES string of the molecule is Cc1ncsc1-c1ccc([C@H](C)NC(=O)C2C[C@@H](O)CN2C(=O)[C@@H](NC(=O)C2CC=CCC2)C(C)(C)C)cc1. The van der Waals surface area contributed by atoms with Crippen LogP contribution in [0, 0.1) is 18.3 Å². The molecular formula is C30H40N4O4S. The van der Waals surface area contributed by atoms with Crippen molar-refractivity contribution in [2.24, 2.45) is 11.3 Å². The van der Waals surface area contributed by atoms with Gasteiger partial charge in [-0.05, 0) is 49.7 Å². The van der Waals surface area contributed by atoms with Gasteiger partial charge < -0.3 is 20.6 Å². The van der Waals surface area contributed by atoms with E-state index < -0.39 is 23.6 Å². The van der Waals surface area contributed by atoms with E-state index in [1.54, 1.807) is 11.3 Å². The molecule has 2 heterocycles. The molecule has 1 fully saturated rings. The Morgan fingerprint density at radius 1 is 1.10 bits per heavy atom. The molecule has 2 unspecified atom stereocenters. The third-order valence-corrected chi connectivity index (χ3v) is 8.66. The highest BCUT2D eigenvalue weighted by molar-refractivity contribution is 7.13. The summed E-state index contributed by atoms with van der Waals surface area (Å²) in [6.07, 6.45) is 5.69. The minimum atomic E-state index is -0.812. The first-order valence-electron chi connectivity index (χ1n) is 13.7. The zero-order chi connectivity index (χ0) is 28.3. The maximum absolute atomic E-state index is 13.8. The summed E-state index contributed by atoms with van der Waals surface area (Å²) in [4.78, 5) is 47.1. The van der Waals surface area contributed by atoms with Crippen LogP contribution >= 0.6 is 11.3 Å². The average Bonchev–Trinajstić information content (AvgIpc) is 3.52. The number of carbonyl (C=O) groups is 3. The van der Waals surface area contributed by atoms with Gasteiger partial charge in [-0.1, -0.05) is 57.2 Å². The van der Waals surface area contributed by atoms with E-state index in [1.165, 1.54) is 4.90 Å². The molecule has 1 aromatic heterocycles. The molecule has 3 amide bonds. The smallest absolute Gasteiger partial charge is 0.246 e. The standard InChI is InChI=1S/C30H40N4O4S/c1-18(20-11-13-21(14-12-20)25-19(2)31-17-39-25)32-28(37)24-15-23(35)16-34(24)29(38)26(30(3,4)5)33-27(36)22-9-7-6-8-10-22/h6-7,11-14,17-18,22-24,26,35H,8-10,15-16H2,1-5H3,(H,32,37)(H,33,36)/t18-,22?,23+,24?,26+/m0/s1. The van der Waals surface area contributed by atoms with Gasteiger partial charge in [-0.2, -0.15) is 0 Å². The molecule has 2 aromatic rings.